The number of anilines is 1. The molecule has 1 aromatic heterocycles. The number of aromatic nitrogens is 1. The fraction of sp³-hybridized carbons (Fsp3) is 0.125. The van der Waals surface area contributed by atoms with Crippen LogP contribution in [0.3, 0.4) is 0 Å². The Morgan fingerprint density at radius 2 is 1.97 bits per heavy atom. The van der Waals surface area contributed by atoms with Crippen molar-refractivity contribution in [1.82, 2.24) is 4.98 Å². The van der Waals surface area contributed by atoms with Gasteiger partial charge in [-0.1, -0.05) is 31.5 Å². The predicted molar refractivity (Wildman–Crippen MR) is 118 cm³/mol. The first-order valence-corrected chi connectivity index (χ1v) is 9.95. The van der Waals surface area contributed by atoms with Crippen LogP contribution >= 0.6 is 11.6 Å². The van der Waals surface area contributed by atoms with Crippen molar-refractivity contribution in [2.24, 2.45) is 0 Å². The van der Waals surface area contributed by atoms with Crippen LogP contribution in [0.2, 0.25) is 5.02 Å². The van der Waals surface area contributed by atoms with Crippen molar-refractivity contribution in [3.63, 3.8) is 0 Å². The van der Waals surface area contributed by atoms with Gasteiger partial charge in [-0.15, -0.1) is 0 Å². The van der Waals surface area contributed by atoms with E-state index in [2.05, 4.69) is 24.1 Å². The molecule has 0 spiro atoms. The molecule has 154 valence electrons. The molecule has 0 aliphatic heterocycles. The molecule has 0 saturated heterocycles. The van der Waals surface area contributed by atoms with Gasteiger partial charge in [-0.2, -0.15) is 5.26 Å². The highest BCUT2D eigenvalue weighted by Crippen LogP contribution is 2.31. The molecule has 0 bridgehead atoms. The number of fused-ring (bicyclic) bond motifs is 1. The van der Waals surface area contributed by atoms with Crippen molar-refractivity contribution in [1.29, 1.82) is 5.26 Å². The Bertz CT molecular complexity index is 1350. The molecule has 7 heteroatoms. The summed E-state index contributed by atoms with van der Waals surface area (Å²) in [6, 6.07) is 16.3. The Labute approximate surface area is 183 Å². The number of carbonyl (C=O) groups excluding carboxylic acids is 1. The fourth-order valence-electron chi connectivity index (χ4n) is 3.14. The lowest BCUT2D eigenvalue weighted by Gasteiger charge is -2.09. The van der Waals surface area contributed by atoms with Gasteiger partial charge in [0.25, 0.3) is 5.91 Å². The Kier molecular flexibility index (Phi) is 5.45. The van der Waals surface area contributed by atoms with Crippen molar-refractivity contribution < 1.29 is 13.6 Å². The topological polar surface area (TPSA) is 78.9 Å². The van der Waals surface area contributed by atoms with Crippen molar-refractivity contribution in [2.45, 2.75) is 19.8 Å². The number of nitrogens with one attached hydrogen (secondary N) is 1. The van der Waals surface area contributed by atoms with Gasteiger partial charge < -0.3 is 9.73 Å². The second-order valence-corrected chi connectivity index (χ2v) is 7.76. The molecule has 31 heavy (non-hydrogen) atoms. The average Bonchev–Trinajstić information content (AvgIpc) is 3.18. The first kappa shape index (κ1) is 20.6. The number of nitriles is 1. The summed E-state index contributed by atoms with van der Waals surface area (Å²) in [7, 11) is 0. The molecule has 0 saturated carbocycles. The highest BCUT2D eigenvalue weighted by Gasteiger charge is 2.16. The number of halogens is 2. The van der Waals surface area contributed by atoms with Crippen LogP contribution in [-0.4, -0.2) is 10.9 Å². The summed E-state index contributed by atoms with van der Waals surface area (Å²) in [5.74, 6) is -0.721. The largest absolute Gasteiger partial charge is 0.436 e. The van der Waals surface area contributed by atoms with Gasteiger partial charge in [-0.05, 0) is 60.0 Å². The van der Waals surface area contributed by atoms with Gasteiger partial charge in [-0.3, -0.25) is 4.79 Å². The van der Waals surface area contributed by atoms with E-state index in [0.29, 0.717) is 23.0 Å². The molecule has 5 nitrogen and oxygen atoms in total. The molecular formula is C24H17ClFN3O2. The summed E-state index contributed by atoms with van der Waals surface area (Å²) >= 11 is 6.23. The minimum absolute atomic E-state index is 0.130. The second-order valence-electron chi connectivity index (χ2n) is 7.36. The van der Waals surface area contributed by atoms with Crippen molar-refractivity contribution >= 4 is 34.3 Å². The van der Waals surface area contributed by atoms with Gasteiger partial charge in [0.2, 0.25) is 5.89 Å². The smallest absolute Gasteiger partial charge is 0.258 e. The Hall–Kier alpha value is -3.69. The number of hydrogen-bond donors (Lipinski definition) is 1. The van der Waals surface area contributed by atoms with Crippen LogP contribution in [0.4, 0.5) is 10.1 Å². The number of carbonyl (C=O) groups is 1. The number of amides is 1. The van der Waals surface area contributed by atoms with Crippen LogP contribution in [0, 0.1) is 17.1 Å². The van der Waals surface area contributed by atoms with Gasteiger partial charge in [0.05, 0.1) is 27.9 Å². The maximum Gasteiger partial charge on any atom is 0.258 e. The van der Waals surface area contributed by atoms with E-state index < -0.39 is 11.7 Å². The van der Waals surface area contributed by atoms with E-state index in [1.165, 1.54) is 12.1 Å². The van der Waals surface area contributed by atoms with Crippen molar-refractivity contribution in [2.75, 3.05) is 5.32 Å². The molecule has 0 fully saturated rings. The SMILES string of the molecule is CC(C)c1ccc2oc(-c3ccc(Cl)c(NC(=O)c4ccc(C#N)cc4F)c3)nc2c1. The maximum absolute atomic E-state index is 14.2. The van der Waals surface area contributed by atoms with E-state index in [0.717, 1.165) is 17.1 Å². The van der Waals surface area contributed by atoms with Crippen LogP contribution in [0.15, 0.2) is 59.0 Å². The summed E-state index contributed by atoms with van der Waals surface area (Å²) in [4.78, 5) is 17.1. The number of nitrogens with zero attached hydrogens (tertiary/aromatic N) is 2. The zero-order valence-corrected chi connectivity index (χ0v) is 17.5. The molecule has 1 N–H and O–H groups in total. The van der Waals surface area contributed by atoms with Crippen molar-refractivity contribution in [3.8, 4) is 17.5 Å². The van der Waals surface area contributed by atoms with E-state index in [9.17, 15) is 9.18 Å². The third-order valence-electron chi connectivity index (χ3n) is 4.88. The summed E-state index contributed by atoms with van der Waals surface area (Å²) in [5, 5.41) is 11.7. The molecule has 0 aliphatic carbocycles. The Morgan fingerprint density at radius 3 is 2.68 bits per heavy atom. The number of rotatable bonds is 4. The molecule has 1 heterocycles. The quantitative estimate of drug-likeness (QED) is 0.396. The normalized spacial score (nSPS) is 11.0. The van der Waals surface area contributed by atoms with E-state index in [4.69, 9.17) is 21.3 Å². The highest BCUT2D eigenvalue weighted by molar-refractivity contribution is 6.34. The van der Waals surface area contributed by atoms with Crippen LogP contribution in [-0.2, 0) is 0 Å². The van der Waals surface area contributed by atoms with E-state index in [-0.39, 0.29) is 21.8 Å². The van der Waals surface area contributed by atoms with Crippen LogP contribution in [0.1, 0.15) is 41.3 Å². The maximum atomic E-state index is 14.2. The second kappa shape index (κ2) is 8.21. The summed E-state index contributed by atoms with van der Waals surface area (Å²) in [5.41, 5.74) is 3.39. The highest BCUT2D eigenvalue weighted by atomic mass is 35.5. The van der Waals surface area contributed by atoms with Gasteiger partial charge in [0.15, 0.2) is 5.58 Å². The monoisotopic (exact) mass is 433 g/mol. The molecule has 4 rings (SSSR count). The standard InChI is InChI=1S/C24H17ClFN3O2/c1-13(2)15-5-8-22-21(10-15)29-24(31-22)16-4-7-18(25)20(11-16)28-23(30)17-6-3-14(12-27)9-19(17)26/h3-11,13H,1-2H3,(H,28,30). The van der Waals surface area contributed by atoms with Gasteiger partial charge in [0, 0.05) is 5.56 Å². The number of hydrogen-bond acceptors (Lipinski definition) is 4. The van der Waals surface area contributed by atoms with E-state index in [1.54, 1.807) is 18.2 Å². The first-order valence-electron chi connectivity index (χ1n) is 9.57. The lowest BCUT2D eigenvalue weighted by molar-refractivity contribution is 0.102. The van der Waals surface area contributed by atoms with Gasteiger partial charge >= 0.3 is 0 Å². The molecular weight excluding hydrogens is 417 g/mol. The zero-order valence-electron chi connectivity index (χ0n) is 16.7. The van der Waals surface area contributed by atoms with Crippen LogP contribution < -0.4 is 5.32 Å². The van der Waals surface area contributed by atoms with Crippen LogP contribution in [0.25, 0.3) is 22.6 Å². The first-order chi connectivity index (χ1) is 14.9. The zero-order chi connectivity index (χ0) is 22.1. The van der Waals surface area contributed by atoms with E-state index in [1.807, 2.05) is 24.3 Å². The Morgan fingerprint density at radius 1 is 1.16 bits per heavy atom. The lowest BCUT2D eigenvalue weighted by atomic mass is 10.0. The molecule has 1 amide bonds. The summed E-state index contributed by atoms with van der Waals surface area (Å²) in [6.07, 6.45) is 0. The molecule has 0 aliphatic rings. The van der Waals surface area contributed by atoms with Crippen molar-refractivity contribution in [3.05, 3.63) is 82.1 Å². The lowest BCUT2D eigenvalue weighted by Crippen LogP contribution is -2.14. The summed E-state index contributed by atoms with van der Waals surface area (Å²) < 4.78 is 20.0. The minimum atomic E-state index is -0.788. The third-order valence-corrected chi connectivity index (χ3v) is 5.21. The molecule has 4 aromatic rings. The van der Waals surface area contributed by atoms with Gasteiger partial charge in [0.1, 0.15) is 11.3 Å². The third kappa shape index (κ3) is 4.14. The molecule has 3 aromatic carbocycles. The number of benzene rings is 3. The van der Waals surface area contributed by atoms with Crippen LogP contribution in [0.5, 0.6) is 0 Å². The molecule has 0 radical (unpaired) electrons. The Balaban J connectivity index is 1.65. The minimum Gasteiger partial charge on any atom is -0.436 e. The van der Waals surface area contributed by atoms with E-state index >= 15 is 0 Å². The average molecular weight is 434 g/mol. The van der Waals surface area contributed by atoms with Gasteiger partial charge in [-0.25, -0.2) is 9.37 Å². The predicted octanol–water partition coefficient (Wildman–Crippen LogP) is 6.53. The fourth-order valence-corrected chi connectivity index (χ4v) is 3.30. The molecule has 0 unspecified atom stereocenters. The number of oxazole rings is 1. The summed E-state index contributed by atoms with van der Waals surface area (Å²) in [6.45, 7) is 4.21. The molecule has 0 atom stereocenters.